The van der Waals surface area contributed by atoms with Crippen LogP contribution in [0.25, 0.3) is 32.6 Å². The highest BCUT2D eigenvalue weighted by atomic mass is 19.4. The summed E-state index contributed by atoms with van der Waals surface area (Å²) in [7, 11) is 1.84. The van der Waals surface area contributed by atoms with Crippen molar-refractivity contribution in [2.45, 2.75) is 25.7 Å². The largest absolute Gasteiger partial charge is 0.416 e. The molecule has 0 fully saturated rings. The fourth-order valence-electron chi connectivity index (χ4n) is 5.17. The molecule has 0 aliphatic carbocycles. The summed E-state index contributed by atoms with van der Waals surface area (Å²) in [6, 6.07) is 12.7. The molecule has 0 aliphatic rings. The third kappa shape index (κ3) is 5.84. The Morgan fingerprint density at radius 3 is 2.70 bits per heavy atom. The normalized spacial score (nSPS) is 12.0. The van der Waals surface area contributed by atoms with Crippen molar-refractivity contribution in [3.63, 3.8) is 0 Å². The Morgan fingerprint density at radius 1 is 1.02 bits per heavy atom. The van der Waals surface area contributed by atoms with Crippen molar-refractivity contribution >= 4 is 44.3 Å². The molecule has 4 aromatic heterocycles. The van der Waals surface area contributed by atoms with Crippen molar-refractivity contribution in [2.75, 3.05) is 18.4 Å². The minimum Gasteiger partial charge on any atom is -0.368 e. The summed E-state index contributed by atoms with van der Waals surface area (Å²) >= 11 is 0. The number of benzene rings is 2. The smallest absolute Gasteiger partial charge is 0.368 e. The van der Waals surface area contributed by atoms with Crippen molar-refractivity contribution in [3.8, 4) is 0 Å². The number of hydrogen-bond acceptors (Lipinski definition) is 7. The highest BCUT2D eigenvalue weighted by molar-refractivity contribution is 6.11. The topological polar surface area (TPSA) is 129 Å². The summed E-state index contributed by atoms with van der Waals surface area (Å²) in [5.41, 5.74) is 8.29. The number of carbonyl (C=O) groups is 1. The highest BCUT2D eigenvalue weighted by Gasteiger charge is 2.30. The van der Waals surface area contributed by atoms with Gasteiger partial charge in [-0.2, -0.15) is 13.2 Å². The number of primary amides is 1. The Kier molecular flexibility index (Phi) is 7.40. The lowest BCUT2D eigenvalue weighted by Gasteiger charge is -2.12. The maximum Gasteiger partial charge on any atom is 0.416 e. The SMILES string of the molecule is Cn1c(CNCCc2cn(CCNc3nc4cc(C(N)=O)ccc4c4cnccc34)nn2)cc2cc(C(F)(F)F)ccc21. The average Bonchev–Trinajstić information content (AvgIpc) is 3.57. The monoisotopic (exact) mass is 587 g/mol. The number of anilines is 1. The molecule has 13 heteroatoms. The predicted molar refractivity (Wildman–Crippen MR) is 157 cm³/mol. The van der Waals surface area contributed by atoms with Crippen LogP contribution in [-0.4, -0.2) is 48.5 Å². The summed E-state index contributed by atoms with van der Waals surface area (Å²) in [6.45, 7) is 2.21. The standard InChI is InChI=1S/C30H28F3N9O/c1-41-22(13-19-12-20(30(31,32)33)3-5-27(19)41)15-35-8-6-21-17-42(40-39-21)11-10-37-29-24-7-9-36-16-25(24)23-4-2-18(28(34)43)14-26(23)38-29/h2-5,7,9,12-14,16-17,35H,6,8,10-11,15H2,1H3,(H2,34,43)(H,37,38). The van der Waals surface area contributed by atoms with Crippen molar-refractivity contribution in [1.29, 1.82) is 0 Å². The average molecular weight is 588 g/mol. The molecule has 0 atom stereocenters. The van der Waals surface area contributed by atoms with E-state index in [-0.39, 0.29) is 0 Å². The van der Waals surface area contributed by atoms with Crippen LogP contribution in [0.1, 0.15) is 27.3 Å². The summed E-state index contributed by atoms with van der Waals surface area (Å²) in [5, 5.41) is 18.4. The number of pyridine rings is 2. The molecule has 1 amide bonds. The van der Waals surface area contributed by atoms with E-state index in [4.69, 9.17) is 10.7 Å². The first kappa shape index (κ1) is 28.1. The number of aryl methyl sites for hydroxylation is 1. The third-order valence-electron chi connectivity index (χ3n) is 7.43. The Hall–Kier alpha value is -5.04. The summed E-state index contributed by atoms with van der Waals surface area (Å²) in [6.07, 6.45) is 1.64. The van der Waals surface area contributed by atoms with Crippen LogP contribution in [0, 0.1) is 0 Å². The molecule has 0 saturated heterocycles. The molecule has 4 N–H and O–H groups in total. The van der Waals surface area contributed by atoms with Gasteiger partial charge in [0.2, 0.25) is 5.91 Å². The van der Waals surface area contributed by atoms with E-state index in [1.165, 1.54) is 12.1 Å². The number of nitrogens with two attached hydrogens (primary N) is 1. The minimum absolute atomic E-state index is 0.385. The Balaban J connectivity index is 1.04. The number of carbonyl (C=O) groups excluding carboxylic acids is 1. The number of aromatic nitrogens is 6. The van der Waals surface area contributed by atoms with Crippen LogP contribution in [0.2, 0.25) is 0 Å². The predicted octanol–water partition coefficient (Wildman–Crippen LogP) is 4.43. The fourth-order valence-corrected chi connectivity index (χ4v) is 5.17. The van der Waals surface area contributed by atoms with Crippen LogP contribution in [0.3, 0.4) is 0 Å². The van der Waals surface area contributed by atoms with Gasteiger partial charge < -0.3 is 20.9 Å². The maximum absolute atomic E-state index is 13.1. The second-order valence-corrected chi connectivity index (χ2v) is 10.3. The molecule has 10 nitrogen and oxygen atoms in total. The zero-order chi connectivity index (χ0) is 30.1. The Bertz CT molecular complexity index is 1960. The van der Waals surface area contributed by atoms with E-state index in [0.717, 1.165) is 39.1 Å². The summed E-state index contributed by atoms with van der Waals surface area (Å²) in [4.78, 5) is 20.7. The van der Waals surface area contributed by atoms with Gasteiger partial charge in [0.05, 0.1) is 23.3 Å². The second kappa shape index (κ2) is 11.3. The maximum atomic E-state index is 13.1. The van der Waals surface area contributed by atoms with Gasteiger partial charge in [-0.1, -0.05) is 11.3 Å². The number of nitrogens with zero attached hydrogens (tertiary/aromatic N) is 6. The van der Waals surface area contributed by atoms with Gasteiger partial charge in [-0.15, -0.1) is 5.10 Å². The molecule has 2 aromatic carbocycles. The quantitative estimate of drug-likeness (QED) is 0.160. The van der Waals surface area contributed by atoms with Gasteiger partial charge in [0.25, 0.3) is 0 Å². The number of hydrogen-bond donors (Lipinski definition) is 3. The third-order valence-corrected chi connectivity index (χ3v) is 7.43. The minimum atomic E-state index is -4.37. The molecular formula is C30H28F3N9O. The van der Waals surface area contributed by atoms with E-state index in [1.807, 2.05) is 29.9 Å². The van der Waals surface area contributed by atoms with Gasteiger partial charge >= 0.3 is 6.18 Å². The first-order valence-electron chi connectivity index (χ1n) is 13.6. The lowest BCUT2D eigenvalue weighted by molar-refractivity contribution is -0.137. The zero-order valence-electron chi connectivity index (χ0n) is 23.2. The van der Waals surface area contributed by atoms with E-state index in [0.29, 0.717) is 54.9 Å². The van der Waals surface area contributed by atoms with E-state index < -0.39 is 17.6 Å². The molecule has 0 radical (unpaired) electrons. The van der Waals surface area contributed by atoms with E-state index in [9.17, 15) is 18.0 Å². The van der Waals surface area contributed by atoms with Gasteiger partial charge in [0.15, 0.2) is 0 Å². The number of fused-ring (bicyclic) bond motifs is 4. The van der Waals surface area contributed by atoms with Crippen LogP contribution < -0.4 is 16.4 Å². The zero-order valence-corrected chi connectivity index (χ0v) is 23.2. The lowest BCUT2D eigenvalue weighted by atomic mass is 10.1. The molecule has 0 aliphatic heterocycles. The number of amides is 1. The van der Waals surface area contributed by atoms with Crippen LogP contribution in [-0.2, 0) is 32.7 Å². The van der Waals surface area contributed by atoms with Crippen molar-refractivity contribution < 1.29 is 18.0 Å². The second-order valence-electron chi connectivity index (χ2n) is 10.3. The molecule has 43 heavy (non-hydrogen) atoms. The Morgan fingerprint density at radius 2 is 1.88 bits per heavy atom. The van der Waals surface area contributed by atoms with E-state index in [1.54, 1.807) is 35.3 Å². The van der Waals surface area contributed by atoms with E-state index >= 15 is 0 Å². The number of nitrogens with one attached hydrogen (secondary N) is 2. The molecule has 0 saturated carbocycles. The Labute approximate surface area is 243 Å². The summed E-state index contributed by atoms with van der Waals surface area (Å²) < 4.78 is 42.9. The molecule has 6 aromatic rings. The van der Waals surface area contributed by atoms with Gasteiger partial charge in [-0.25, -0.2) is 4.98 Å². The molecule has 0 spiro atoms. The number of alkyl halides is 3. The highest BCUT2D eigenvalue weighted by Crippen LogP contribution is 2.32. The molecule has 0 unspecified atom stereocenters. The molecule has 220 valence electrons. The van der Waals surface area contributed by atoms with Crippen LogP contribution >= 0.6 is 0 Å². The number of halogens is 3. The van der Waals surface area contributed by atoms with Gasteiger partial charge in [-0.3, -0.25) is 14.5 Å². The van der Waals surface area contributed by atoms with Gasteiger partial charge in [-0.05, 0) is 42.5 Å². The van der Waals surface area contributed by atoms with Gasteiger partial charge in [0, 0.05) is 90.0 Å². The van der Waals surface area contributed by atoms with E-state index in [2.05, 4.69) is 25.9 Å². The lowest BCUT2D eigenvalue weighted by Crippen LogP contribution is -2.18. The van der Waals surface area contributed by atoms with Crippen molar-refractivity contribution in [3.05, 3.63) is 89.6 Å². The summed E-state index contributed by atoms with van der Waals surface area (Å²) in [5.74, 6) is 0.150. The molecule has 4 heterocycles. The van der Waals surface area contributed by atoms with Crippen LogP contribution in [0.4, 0.5) is 19.0 Å². The molecule has 0 bridgehead atoms. The fraction of sp³-hybridized carbons (Fsp3) is 0.233. The van der Waals surface area contributed by atoms with Crippen molar-refractivity contribution in [1.82, 2.24) is 34.8 Å². The first-order valence-corrected chi connectivity index (χ1v) is 13.6. The molecule has 6 rings (SSSR count). The van der Waals surface area contributed by atoms with Crippen LogP contribution in [0.5, 0.6) is 0 Å². The van der Waals surface area contributed by atoms with Crippen LogP contribution in [0.15, 0.2) is 67.1 Å². The molecular weight excluding hydrogens is 559 g/mol. The van der Waals surface area contributed by atoms with Crippen molar-refractivity contribution in [2.24, 2.45) is 12.8 Å². The first-order chi connectivity index (χ1) is 20.7. The number of rotatable bonds is 10. The van der Waals surface area contributed by atoms with Gasteiger partial charge in [0.1, 0.15) is 5.82 Å².